The van der Waals surface area contributed by atoms with E-state index in [4.69, 9.17) is 14.2 Å². The summed E-state index contributed by atoms with van der Waals surface area (Å²) in [7, 11) is 1.55. The number of methoxy groups -OCH3 is 1. The Morgan fingerprint density at radius 3 is 2.66 bits per heavy atom. The lowest BCUT2D eigenvalue weighted by Gasteiger charge is -2.12. The van der Waals surface area contributed by atoms with Gasteiger partial charge < -0.3 is 19.5 Å². The van der Waals surface area contributed by atoms with Gasteiger partial charge >= 0.3 is 0 Å². The average Bonchev–Trinajstić information content (AvgIpc) is 2.73. The molecule has 0 bridgehead atoms. The van der Waals surface area contributed by atoms with E-state index in [0.29, 0.717) is 41.7 Å². The summed E-state index contributed by atoms with van der Waals surface area (Å²) in [6.45, 7) is 5.08. The summed E-state index contributed by atoms with van der Waals surface area (Å²) >= 11 is 0. The predicted molar refractivity (Wildman–Crippen MR) is 113 cm³/mol. The molecule has 0 aliphatic heterocycles. The molecule has 0 aliphatic rings. The third kappa shape index (κ3) is 6.58. The first kappa shape index (κ1) is 21.8. The molecule has 0 unspecified atom stereocenters. The second-order valence-electron chi connectivity index (χ2n) is 6.20. The van der Waals surface area contributed by atoms with E-state index in [2.05, 4.69) is 12.2 Å². The number of unbranched alkanes of at least 4 members (excludes halogenated alkanes) is 1. The lowest BCUT2D eigenvalue weighted by molar-refractivity contribution is -0.112. The fourth-order valence-electron chi connectivity index (χ4n) is 2.54. The van der Waals surface area contributed by atoms with Crippen LogP contribution < -0.4 is 19.5 Å². The van der Waals surface area contributed by atoms with Gasteiger partial charge in [-0.2, -0.15) is 5.26 Å². The average molecular weight is 394 g/mol. The van der Waals surface area contributed by atoms with Crippen LogP contribution in [-0.4, -0.2) is 26.2 Å². The van der Waals surface area contributed by atoms with Crippen molar-refractivity contribution in [3.8, 4) is 23.3 Å². The molecule has 0 radical (unpaired) electrons. The molecule has 0 aromatic heterocycles. The van der Waals surface area contributed by atoms with E-state index in [1.807, 2.05) is 13.0 Å². The number of carbonyl (C=O) groups is 1. The highest BCUT2D eigenvalue weighted by Crippen LogP contribution is 2.29. The highest BCUT2D eigenvalue weighted by Gasteiger charge is 2.12. The summed E-state index contributed by atoms with van der Waals surface area (Å²) in [5, 5.41) is 12.2. The van der Waals surface area contributed by atoms with Crippen LogP contribution in [0.4, 0.5) is 5.69 Å². The number of nitrogens with one attached hydrogen (secondary N) is 1. The highest BCUT2D eigenvalue weighted by atomic mass is 16.5. The Morgan fingerprint density at radius 2 is 1.97 bits per heavy atom. The number of nitrogens with zero attached hydrogens (tertiary/aromatic N) is 1. The molecular formula is C23H26N2O4. The molecule has 1 amide bonds. The Kier molecular flexibility index (Phi) is 8.58. The quantitative estimate of drug-likeness (QED) is 0.355. The summed E-state index contributed by atoms with van der Waals surface area (Å²) in [6.07, 6.45) is 3.52. The number of carbonyl (C=O) groups excluding carboxylic acids is 1. The summed E-state index contributed by atoms with van der Waals surface area (Å²) < 4.78 is 16.6. The van der Waals surface area contributed by atoms with Gasteiger partial charge in [0.2, 0.25) is 0 Å². The monoisotopic (exact) mass is 394 g/mol. The first-order valence-corrected chi connectivity index (χ1v) is 9.58. The Labute approximate surface area is 171 Å². The molecule has 2 aromatic carbocycles. The summed E-state index contributed by atoms with van der Waals surface area (Å²) in [5.74, 6) is 1.35. The third-order valence-electron chi connectivity index (χ3n) is 4.03. The molecule has 2 rings (SSSR count). The van der Waals surface area contributed by atoms with E-state index < -0.39 is 5.91 Å². The number of benzene rings is 2. The normalized spacial score (nSPS) is 10.8. The van der Waals surface area contributed by atoms with Gasteiger partial charge in [-0.3, -0.25) is 4.79 Å². The van der Waals surface area contributed by atoms with E-state index in [-0.39, 0.29) is 5.57 Å². The number of amides is 1. The van der Waals surface area contributed by atoms with Crippen LogP contribution in [0.15, 0.2) is 48.0 Å². The van der Waals surface area contributed by atoms with E-state index >= 15 is 0 Å². The maximum Gasteiger partial charge on any atom is 0.266 e. The fourth-order valence-corrected chi connectivity index (χ4v) is 2.54. The van der Waals surface area contributed by atoms with Crippen molar-refractivity contribution in [2.75, 3.05) is 25.6 Å². The fraction of sp³-hybridized carbons (Fsp3) is 0.304. The summed E-state index contributed by atoms with van der Waals surface area (Å²) in [6, 6.07) is 14.2. The topological polar surface area (TPSA) is 80.6 Å². The third-order valence-corrected chi connectivity index (χ3v) is 4.03. The molecule has 0 saturated carbocycles. The number of anilines is 1. The largest absolute Gasteiger partial charge is 0.497 e. The second-order valence-corrected chi connectivity index (χ2v) is 6.20. The van der Waals surface area contributed by atoms with Crippen molar-refractivity contribution in [3.05, 3.63) is 53.6 Å². The first-order valence-electron chi connectivity index (χ1n) is 9.58. The molecule has 29 heavy (non-hydrogen) atoms. The van der Waals surface area contributed by atoms with Crippen molar-refractivity contribution >= 4 is 17.7 Å². The molecule has 0 aliphatic carbocycles. The van der Waals surface area contributed by atoms with Crippen LogP contribution in [0, 0.1) is 11.3 Å². The van der Waals surface area contributed by atoms with E-state index in [1.54, 1.807) is 49.6 Å². The molecule has 0 saturated heterocycles. The van der Waals surface area contributed by atoms with Gasteiger partial charge in [0.25, 0.3) is 5.91 Å². The Balaban J connectivity index is 2.20. The lowest BCUT2D eigenvalue weighted by atomic mass is 10.1. The van der Waals surface area contributed by atoms with Gasteiger partial charge in [0.15, 0.2) is 11.5 Å². The zero-order valence-electron chi connectivity index (χ0n) is 17.0. The molecule has 6 heteroatoms. The Bertz CT molecular complexity index is 900. The SMILES string of the molecule is CCCCOc1ccc(/C=C(\C#N)C(=O)Nc2cccc(OC)c2)cc1OCC. The van der Waals surface area contributed by atoms with E-state index in [0.717, 1.165) is 12.8 Å². The Morgan fingerprint density at radius 1 is 1.14 bits per heavy atom. The maximum absolute atomic E-state index is 12.5. The van der Waals surface area contributed by atoms with Gasteiger partial charge in [-0.25, -0.2) is 0 Å². The molecule has 6 nitrogen and oxygen atoms in total. The summed E-state index contributed by atoms with van der Waals surface area (Å²) in [5.41, 5.74) is 1.20. The predicted octanol–water partition coefficient (Wildman–Crippen LogP) is 4.82. The van der Waals surface area contributed by atoms with Crippen molar-refractivity contribution in [2.24, 2.45) is 0 Å². The summed E-state index contributed by atoms with van der Waals surface area (Å²) in [4.78, 5) is 12.5. The van der Waals surface area contributed by atoms with Crippen LogP contribution in [0.1, 0.15) is 32.3 Å². The minimum Gasteiger partial charge on any atom is -0.497 e. The van der Waals surface area contributed by atoms with Crippen LogP contribution in [0.5, 0.6) is 17.2 Å². The van der Waals surface area contributed by atoms with Crippen LogP contribution in [-0.2, 0) is 4.79 Å². The van der Waals surface area contributed by atoms with Crippen molar-refractivity contribution in [1.82, 2.24) is 0 Å². The van der Waals surface area contributed by atoms with Gasteiger partial charge in [0.1, 0.15) is 17.4 Å². The first-order chi connectivity index (χ1) is 14.1. The molecular weight excluding hydrogens is 368 g/mol. The van der Waals surface area contributed by atoms with Crippen molar-refractivity contribution in [2.45, 2.75) is 26.7 Å². The molecule has 0 spiro atoms. The highest BCUT2D eigenvalue weighted by molar-refractivity contribution is 6.09. The number of nitriles is 1. The van der Waals surface area contributed by atoms with E-state index in [1.165, 1.54) is 6.08 Å². The minimum absolute atomic E-state index is 0.0186. The number of hydrogen-bond acceptors (Lipinski definition) is 5. The number of ether oxygens (including phenoxy) is 3. The van der Waals surface area contributed by atoms with Gasteiger partial charge in [-0.1, -0.05) is 25.5 Å². The zero-order valence-corrected chi connectivity index (χ0v) is 17.0. The molecule has 2 aromatic rings. The van der Waals surface area contributed by atoms with E-state index in [9.17, 15) is 10.1 Å². The maximum atomic E-state index is 12.5. The zero-order chi connectivity index (χ0) is 21.1. The van der Waals surface area contributed by atoms with Crippen LogP contribution in [0.3, 0.4) is 0 Å². The lowest BCUT2D eigenvalue weighted by Crippen LogP contribution is -2.13. The minimum atomic E-state index is -0.498. The van der Waals surface area contributed by atoms with Crippen LogP contribution in [0.25, 0.3) is 6.08 Å². The molecule has 0 fully saturated rings. The van der Waals surface area contributed by atoms with Gasteiger partial charge in [-0.05, 0) is 49.2 Å². The van der Waals surface area contributed by atoms with Gasteiger partial charge in [0.05, 0.1) is 20.3 Å². The molecule has 1 N–H and O–H groups in total. The van der Waals surface area contributed by atoms with Gasteiger partial charge in [0, 0.05) is 11.8 Å². The second kappa shape index (κ2) is 11.4. The van der Waals surface area contributed by atoms with Gasteiger partial charge in [-0.15, -0.1) is 0 Å². The number of rotatable bonds is 10. The standard InChI is InChI=1S/C23H26N2O4/c1-4-6-12-29-21-11-10-17(14-22(21)28-5-2)13-18(16-24)23(26)25-19-8-7-9-20(15-19)27-3/h7-11,13-15H,4-6,12H2,1-3H3,(H,25,26)/b18-13+. The smallest absolute Gasteiger partial charge is 0.266 e. The van der Waals surface area contributed by atoms with Crippen LogP contribution in [0.2, 0.25) is 0 Å². The Hall–Kier alpha value is -3.46. The molecule has 152 valence electrons. The van der Waals surface area contributed by atoms with Crippen LogP contribution >= 0.6 is 0 Å². The van der Waals surface area contributed by atoms with Crippen molar-refractivity contribution < 1.29 is 19.0 Å². The number of hydrogen-bond donors (Lipinski definition) is 1. The molecule has 0 atom stereocenters. The van der Waals surface area contributed by atoms with Crippen molar-refractivity contribution in [1.29, 1.82) is 5.26 Å². The van der Waals surface area contributed by atoms with Crippen molar-refractivity contribution in [3.63, 3.8) is 0 Å². The molecule has 0 heterocycles.